The summed E-state index contributed by atoms with van der Waals surface area (Å²) in [5, 5.41) is 8.45. The van der Waals surface area contributed by atoms with Crippen molar-refractivity contribution in [3.05, 3.63) is 0 Å². The summed E-state index contributed by atoms with van der Waals surface area (Å²) >= 11 is 0. The van der Waals surface area contributed by atoms with E-state index in [1.807, 2.05) is 6.92 Å². The number of esters is 2. The monoisotopic (exact) mass is 258 g/mol. The van der Waals surface area contributed by atoms with Gasteiger partial charge in [-0.05, 0) is 18.8 Å². The molecular weight excluding hydrogens is 240 g/mol. The van der Waals surface area contributed by atoms with Crippen molar-refractivity contribution >= 4 is 17.9 Å². The normalized spacial score (nSPS) is 27.4. The molecule has 0 aromatic carbocycles. The molecule has 102 valence electrons. The van der Waals surface area contributed by atoms with E-state index < -0.39 is 35.9 Å². The zero-order chi connectivity index (χ0) is 13.9. The molecule has 0 aliphatic heterocycles. The van der Waals surface area contributed by atoms with E-state index in [0.717, 1.165) is 12.8 Å². The summed E-state index contributed by atoms with van der Waals surface area (Å²) in [6.07, 6.45) is 1.59. The largest absolute Gasteiger partial charge is 0.481 e. The van der Waals surface area contributed by atoms with Crippen LogP contribution in [0, 0.1) is 5.92 Å². The molecule has 0 saturated heterocycles. The van der Waals surface area contributed by atoms with Gasteiger partial charge in [-0.2, -0.15) is 0 Å². The zero-order valence-corrected chi connectivity index (χ0v) is 10.2. The molecule has 1 aliphatic carbocycles. The number of nitrogens with two attached hydrogens (primary N) is 2. The summed E-state index contributed by atoms with van der Waals surface area (Å²) in [5.74, 6) is -3.07. The lowest BCUT2D eigenvalue weighted by atomic mass is 10.1. The fourth-order valence-corrected chi connectivity index (χ4v) is 1.84. The van der Waals surface area contributed by atoms with E-state index >= 15 is 0 Å². The van der Waals surface area contributed by atoms with E-state index in [-0.39, 0.29) is 5.92 Å². The maximum Gasteiger partial charge on any atom is 0.334 e. The van der Waals surface area contributed by atoms with Crippen LogP contribution in [0.2, 0.25) is 0 Å². The highest BCUT2D eigenvalue weighted by Gasteiger charge is 2.58. The molecule has 0 radical (unpaired) electrons. The molecule has 2 unspecified atom stereocenters. The molecule has 0 spiro atoms. The Hall–Kier alpha value is -1.47. The van der Waals surface area contributed by atoms with Crippen molar-refractivity contribution in [3.8, 4) is 0 Å². The number of ether oxygens (including phenoxy) is 1. The highest BCUT2D eigenvalue weighted by Crippen LogP contribution is 2.45. The number of hydrogen-bond acceptors (Lipinski definition) is 6. The number of rotatable bonds is 6. The van der Waals surface area contributed by atoms with Crippen molar-refractivity contribution in [3.63, 3.8) is 0 Å². The summed E-state index contributed by atoms with van der Waals surface area (Å²) in [7, 11) is 0. The lowest BCUT2D eigenvalue weighted by Gasteiger charge is -2.12. The maximum absolute atomic E-state index is 11.6. The Kier molecular flexibility index (Phi) is 4.42. The highest BCUT2D eigenvalue weighted by atomic mass is 16.6. The quantitative estimate of drug-likeness (QED) is 0.427. The average molecular weight is 258 g/mol. The minimum Gasteiger partial charge on any atom is -0.481 e. The lowest BCUT2D eigenvalue weighted by molar-refractivity contribution is -0.163. The van der Waals surface area contributed by atoms with Gasteiger partial charge in [-0.15, -0.1) is 0 Å². The summed E-state index contributed by atoms with van der Waals surface area (Å²) in [5.41, 5.74) is 9.96. The summed E-state index contributed by atoms with van der Waals surface area (Å²) in [6.45, 7) is 1.97. The summed E-state index contributed by atoms with van der Waals surface area (Å²) < 4.78 is 4.53. The van der Waals surface area contributed by atoms with Crippen LogP contribution in [0.5, 0.6) is 0 Å². The van der Waals surface area contributed by atoms with E-state index in [1.165, 1.54) is 0 Å². The van der Waals surface area contributed by atoms with E-state index in [0.29, 0.717) is 6.42 Å². The molecule has 1 rings (SSSR count). The molecule has 1 saturated carbocycles. The van der Waals surface area contributed by atoms with Crippen LogP contribution in [0.4, 0.5) is 0 Å². The number of carbonyl (C=O) groups is 3. The molecule has 0 amide bonds. The van der Waals surface area contributed by atoms with Crippen molar-refractivity contribution < 1.29 is 24.2 Å². The van der Waals surface area contributed by atoms with Crippen LogP contribution in [0.25, 0.3) is 0 Å². The Labute approximate surface area is 104 Å². The van der Waals surface area contributed by atoms with Crippen molar-refractivity contribution in [1.29, 1.82) is 0 Å². The predicted molar refractivity (Wildman–Crippen MR) is 61.3 cm³/mol. The molecule has 18 heavy (non-hydrogen) atoms. The van der Waals surface area contributed by atoms with Crippen LogP contribution in [-0.4, -0.2) is 34.6 Å². The van der Waals surface area contributed by atoms with Gasteiger partial charge in [0, 0.05) is 0 Å². The van der Waals surface area contributed by atoms with Gasteiger partial charge in [0.25, 0.3) is 0 Å². The van der Waals surface area contributed by atoms with Gasteiger partial charge >= 0.3 is 17.9 Å². The SMILES string of the molecule is CCCC1CC1(N)C(=O)OC(=O)[C@@H](N)CC(=O)O. The maximum atomic E-state index is 11.6. The lowest BCUT2D eigenvalue weighted by Crippen LogP contribution is -2.43. The standard InChI is InChI=1S/C11H18N2O5/c1-2-3-6-5-11(6,13)10(17)18-9(16)7(12)4-8(14)15/h6-7H,2-5,12-13H2,1H3,(H,14,15)/t6?,7-,11?/m0/s1. The van der Waals surface area contributed by atoms with Crippen LogP contribution in [0.15, 0.2) is 0 Å². The van der Waals surface area contributed by atoms with Gasteiger partial charge in [-0.25, -0.2) is 9.59 Å². The number of carbonyl (C=O) groups excluding carboxylic acids is 2. The third-order valence-corrected chi connectivity index (χ3v) is 3.06. The second kappa shape index (κ2) is 5.45. The van der Waals surface area contributed by atoms with Crippen molar-refractivity contribution in [2.75, 3.05) is 0 Å². The summed E-state index contributed by atoms with van der Waals surface area (Å²) in [4.78, 5) is 33.3. The van der Waals surface area contributed by atoms with Crippen LogP contribution in [-0.2, 0) is 19.1 Å². The van der Waals surface area contributed by atoms with Gasteiger partial charge in [0.05, 0.1) is 6.42 Å². The molecule has 3 atom stereocenters. The van der Waals surface area contributed by atoms with Gasteiger partial charge in [-0.3, -0.25) is 4.79 Å². The van der Waals surface area contributed by atoms with Gasteiger partial charge in [0.15, 0.2) is 0 Å². The first-order chi connectivity index (χ1) is 8.31. The molecule has 0 aromatic rings. The van der Waals surface area contributed by atoms with Crippen LogP contribution < -0.4 is 11.5 Å². The average Bonchev–Trinajstić information content (AvgIpc) is 2.90. The van der Waals surface area contributed by atoms with E-state index in [1.54, 1.807) is 0 Å². The first-order valence-corrected chi connectivity index (χ1v) is 5.83. The first kappa shape index (κ1) is 14.6. The molecular formula is C11H18N2O5. The Morgan fingerprint density at radius 2 is 2.11 bits per heavy atom. The molecule has 1 fully saturated rings. The first-order valence-electron chi connectivity index (χ1n) is 5.83. The van der Waals surface area contributed by atoms with Crippen LogP contribution >= 0.6 is 0 Å². The topological polar surface area (TPSA) is 133 Å². The molecule has 0 heterocycles. The molecule has 0 aromatic heterocycles. The van der Waals surface area contributed by atoms with Gasteiger partial charge in [0.1, 0.15) is 11.6 Å². The molecule has 7 nitrogen and oxygen atoms in total. The van der Waals surface area contributed by atoms with Gasteiger partial charge in [-0.1, -0.05) is 13.3 Å². The van der Waals surface area contributed by atoms with Crippen molar-refractivity contribution in [1.82, 2.24) is 0 Å². The fraction of sp³-hybridized carbons (Fsp3) is 0.727. The van der Waals surface area contributed by atoms with E-state index in [4.69, 9.17) is 16.6 Å². The zero-order valence-electron chi connectivity index (χ0n) is 10.2. The smallest absolute Gasteiger partial charge is 0.334 e. The van der Waals surface area contributed by atoms with Gasteiger partial charge in [0.2, 0.25) is 0 Å². The minimum absolute atomic E-state index is 0.0264. The second-order valence-electron chi connectivity index (χ2n) is 4.64. The molecule has 1 aliphatic rings. The molecule has 0 bridgehead atoms. The van der Waals surface area contributed by atoms with Crippen LogP contribution in [0.3, 0.4) is 0 Å². The predicted octanol–water partition coefficient (Wildman–Crippen LogP) is -0.624. The van der Waals surface area contributed by atoms with Crippen LogP contribution in [0.1, 0.15) is 32.6 Å². The third-order valence-electron chi connectivity index (χ3n) is 3.06. The Balaban J connectivity index is 2.46. The van der Waals surface area contributed by atoms with Crippen molar-refractivity contribution in [2.45, 2.75) is 44.2 Å². The number of aliphatic carboxylic acids is 1. The van der Waals surface area contributed by atoms with Gasteiger partial charge < -0.3 is 21.3 Å². The number of carboxylic acids is 1. The Bertz CT molecular complexity index is 370. The molecule has 5 N–H and O–H groups in total. The second-order valence-corrected chi connectivity index (χ2v) is 4.64. The Morgan fingerprint density at radius 1 is 1.50 bits per heavy atom. The highest BCUT2D eigenvalue weighted by molar-refractivity contribution is 5.96. The third kappa shape index (κ3) is 3.27. The summed E-state index contributed by atoms with van der Waals surface area (Å²) in [6, 6.07) is -1.35. The minimum atomic E-state index is -1.35. The number of carboxylic acid groups (broad SMARTS) is 1. The van der Waals surface area contributed by atoms with E-state index in [2.05, 4.69) is 4.74 Å². The van der Waals surface area contributed by atoms with Crippen molar-refractivity contribution in [2.24, 2.45) is 17.4 Å². The van der Waals surface area contributed by atoms with E-state index in [9.17, 15) is 14.4 Å². The Morgan fingerprint density at radius 3 is 2.61 bits per heavy atom. The fourth-order valence-electron chi connectivity index (χ4n) is 1.84. The number of hydrogen-bond donors (Lipinski definition) is 3. The molecule has 7 heteroatoms.